The molecule has 0 aliphatic carbocycles. The van der Waals surface area contributed by atoms with E-state index in [0.29, 0.717) is 38.1 Å². The lowest BCUT2D eigenvalue weighted by Crippen LogP contribution is -2.45. The molecule has 2 atom stereocenters. The summed E-state index contributed by atoms with van der Waals surface area (Å²) in [5.74, 6) is -1.47. The van der Waals surface area contributed by atoms with Crippen molar-refractivity contribution in [3.63, 3.8) is 0 Å². The summed E-state index contributed by atoms with van der Waals surface area (Å²) >= 11 is 12.3. The summed E-state index contributed by atoms with van der Waals surface area (Å²) in [6.07, 6.45) is 0.241. The van der Waals surface area contributed by atoms with Gasteiger partial charge >= 0.3 is 0 Å². The van der Waals surface area contributed by atoms with Crippen LogP contribution in [0.2, 0.25) is 10.0 Å². The molecule has 2 aliphatic heterocycles. The molecule has 8 nitrogen and oxygen atoms in total. The molecule has 0 bridgehead atoms. The van der Waals surface area contributed by atoms with E-state index in [1.54, 1.807) is 43.3 Å². The second-order valence-corrected chi connectivity index (χ2v) is 9.09. The Kier molecular flexibility index (Phi) is 4.86. The highest BCUT2D eigenvalue weighted by Crippen LogP contribution is 2.57. The summed E-state index contributed by atoms with van der Waals surface area (Å²) in [5, 5.41) is 29.7. The number of anilines is 1. The van der Waals surface area contributed by atoms with Crippen molar-refractivity contribution in [2.75, 3.05) is 5.32 Å². The molecule has 10 heteroatoms. The number of benzene rings is 2. The van der Waals surface area contributed by atoms with Gasteiger partial charge in [-0.15, -0.1) is 0 Å². The van der Waals surface area contributed by atoms with Gasteiger partial charge in [0, 0.05) is 33.6 Å². The maximum atomic E-state index is 13.5. The molecule has 1 aromatic heterocycles. The molecule has 0 saturated heterocycles. The Morgan fingerprint density at radius 3 is 2.52 bits per heavy atom. The number of aromatic nitrogens is 1. The number of carbonyl (C=O) groups excluding carboxylic acids is 2. The Hall–Kier alpha value is -3.20. The molecular weight excluding hydrogens is 467 g/mol. The van der Waals surface area contributed by atoms with Gasteiger partial charge in [0.2, 0.25) is 17.7 Å². The second kappa shape index (κ2) is 7.41. The van der Waals surface area contributed by atoms with Crippen LogP contribution in [-0.4, -0.2) is 26.6 Å². The molecular formula is C23H20Cl2N4O4. The fourth-order valence-electron chi connectivity index (χ4n) is 4.89. The van der Waals surface area contributed by atoms with Crippen LogP contribution < -0.4 is 16.4 Å². The smallest absolute Gasteiger partial charge is 0.254 e. The number of aromatic hydroxyl groups is 2. The van der Waals surface area contributed by atoms with Crippen molar-refractivity contribution < 1.29 is 19.8 Å². The van der Waals surface area contributed by atoms with Crippen LogP contribution in [0.25, 0.3) is 5.69 Å². The Balaban J connectivity index is 1.78. The average molecular weight is 487 g/mol. The molecule has 2 aliphatic rings. The van der Waals surface area contributed by atoms with E-state index in [-0.39, 0.29) is 30.2 Å². The molecule has 5 rings (SSSR count). The Morgan fingerprint density at radius 2 is 1.85 bits per heavy atom. The predicted molar refractivity (Wildman–Crippen MR) is 124 cm³/mol. The van der Waals surface area contributed by atoms with Gasteiger partial charge in [-0.2, -0.15) is 0 Å². The van der Waals surface area contributed by atoms with Gasteiger partial charge in [-0.25, -0.2) is 0 Å². The van der Waals surface area contributed by atoms with Crippen molar-refractivity contribution in [1.82, 2.24) is 9.88 Å². The summed E-state index contributed by atoms with van der Waals surface area (Å²) in [6.45, 7) is 1.79. The van der Waals surface area contributed by atoms with Crippen LogP contribution in [0.4, 0.5) is 5.69 Å². The number of rotatable bonds is 4. The fourth-order valence-corrected chi connectivity index (χ4v) is 5.17. The van der Waals surface area contributed by atoms with Crippen LogP contribution in [0.5, 0.6) is 11.8 Å². The van der Waals surface area contributed by atoms with Crippen molar-refractivity contribution in [2.24, 2.45) is 5.73 Å². The van der Waals surface area contributed by atoms with Crippen LogP contribution in [0.15, 0.2) is 36.4 Å². The topological polar surface area (TPSA) is 130 Å². The monoisotopic (exact) mass is 486 g/mol. The molecule has 0 fully saturated rings. The quantitative estimate of drug-likeness (QED) is 0.384. The number of fused-ring (bicyclic) bond motifs is 4. The number of nitrogens with zero attached hydrogens (tertiary/aromatic N) is 1. The summed E-state index contributed by atoms with van der Waals surface area (Å²) in [7, 11) is 0. The first-order valence-corrected chi connectivity index (χ1v) is 11.0. The van der Waals surface area contributed by atoms with E-state index in [1.807, 2.05) is 0 Å². The Morgan fingerprint density at radius 1 is 1.15 bits per heavy atom. The number of primary amides is 1. The maximum absolute atomic E-state index is 13.5. The molecule has 3 aromatic rings. The number of halogens is 2. The highest BCUT2D eigenvalue weighted by atomic mass is 35.5. The zero-order valence-electron chi connectivity index (χ0n) is 17.4. The van der Waals surface area contributed by atoms with E-state index in [9.17, 15) is 19.8 Å². The minimum atomic E-state index is -1.48. The van der Waals surface area contributed by atoms with Crippen LogP contribution >= 0.6 is 23.2 Å². The lowest BCUT2D eigenvalue weighted by molar-refractivity contribution is -0.120. The van der Waals surface area contributed by atoms with Gasteiger partial charge in [-0.3, -0.25) is 19.5 Å². The molecule has 33 heavy (non-hydrogen) atoms. The average Bonchev–Trinajstić information content (AvgIpc) is 3.35. The zero-order valence-corrected chi connectivity index (χ0v) is 19.0. The number of nitrogens with two attached hydrogens (primary N) is 1. The molecule has 6 N–H and O–H groups in total. The van der Waals surface area contributed by atoms with Crippen molar-refractivity contribution in [3.05, 3.63) is 68.7 Å². The van der Waals surface area contributed by atoms with Crippen molar-refractivity contribution in [2.45, 2.75) is 31.3 Å². The molecule has 170 valence electrons. The molecule has 0 saturated carbocycles. The van der Waals surface area contributed by atoms with E-state index in [4.69, 9.17) is 28.9 Å². The third kappa shape index (κ3) is 2.95. The first-order chi connectivity index (χ1) is 15.7. The predicted octanol–water partition coefficient (Wildman–Crippen LogP) is 3.61. The lowest BCUT2D eigenvalue weighted by atomic mass is 9.85. The van der Waals surface area contributed by atoms with E-state index < -0.39 is 23.4 Å². The van der Waals surface area contributed by atoms with Crippen molar-refractivity contribution >= 4 is 40.7 Å². The largest absolute Gasteiger partial charge is 0.494 e. The number of amides is 2. The minimum Gasteiger partial charge on any atom is -0.494 e. The van der Waals surface area contributed by atoms with Gasteiger partial charge in [-0.05, 0) is 49.2 Å². The number of hydrogen-bond acceptors (Lipinski definition) is 5. The highest BCUT2D eigenvalue weighted by molar-refractivity contribution is 6.32. The molecule has 2 aromatic carbocycles. The molecule has 2 unspecified atom stereocenters. The maximum Gasteiger partial charge on any atom is 0.254 e. The lowest BCUT2D eigenvalue weighted by Gasteiger charge is -2.26. The van der Waals surface area contributed by atoms with E-state index in [0.717, 1.165) is 0 Å². The Labute approximate surface area is 198 Å². The summed E-state index contributed by atoms with van der Waals surface area (Å²) in [5.41, 5.74) is 6.69. The molecule has 2 amide bonds. The van der Waals surface area contributed by atoms with E-state index in [2.05, 4.69) is 10.6 Å². The number of hydrogen-bond donors (Lipinski definition) is 5. The van der Waals surface area contributed by atoms with Gasteiger partial charge in [0.1, 0.15) is 0 Å². The molecule has 1 spiro atoms. The number of carbonyl (C=O) groups is 2. The van der Waals surface area contributed by atoms with Crippen molar-refractivity contribution in [1.29, 1.82) is 0 Å². The van der Waals surface area contributed by atoms with Crippen LogP contribution in [0, 0.1) is 6.92 Å². The van der Waals surface area contributed by atoms with Gasteiger partial charge < -0.3 is 21.3 Å². The van der Waals surface area contributed by atoms with Gasteiger partial charge in [0.15, 0.2) is 5.54 Å². The summed E-state index contributed by atoms with van der Waals surface area (Å²) in [6, 6.07) is 9.31. The minimum absolute atomic E-state index is 0.0215. The normalized spacial score (nSPS) is 20.7. The van der Waals surface area contributed by atoms with Gasteiger partial charge in [0.05, 0.1) is 16.9 Å². The first-order valence-electron chi connectivity index (χ1n) is 10.3. The van der Waals surface area contributed by atoms with E-state index >= 15 is 0 Å². The standard InChI is InChI=1S/C23H20Cl2N4O4/c1-10-14(25)7-6-13-19(10)27-22(33)23(13)18-17(15(28-23)8-9-16(26)30)20(31)29(21(18)32)12-4-2-11(24)3-5-12/h2-7,15,28,31-32H,8-9H2,1H3,(H2,26,30)(H,27,33). The summed E-state index contributed by atoms with van der Waals surface area (Å²) < 4.78 is 1.26. The first kappa shape index (κ1) is 21.6. The third-order valence-electron chi connectivity index (χ3n) is 6.42. The molecule has 0 radical (unpaired) electrons. The van der Waals surface area contributed by atoms with Crippen LogP contribution in [0.1, 0.15) is 41.1 Å². The fraction of sp³-hybridized carbons (Fsp3) is 0.217. The van der Waals surface area contributed by atoms with Crippen LogP contribution in [-0.2, 0) is 15.1 Å². The van der Waals surface area contributed by atoms with Gasteiger partial charge in [0.25, 0.3) is 5.91 Å². The summed E-state index contributed by atoms with van der Waals surface area (Å²) in [4.78, 5) is 25.0. The highest BCUT2D eigenvalue weighted by Gasteiger charge is 2.59. The molecule has 3 heterocycles. The SMILES string of the molecule is Cc1c(Cl)ccc2c1NC(=O)C21NC(CCC(N)=O)c2c1c(O)n(-c1ccc(Cl)cc1)c2O. The van der Waals surface area contributed by atoms with E-state index in [1.165, 1.54) is 4.57 Å². The van der Waals surface area contributed by atoms with Gasteiger partial charge in [-0.1, -0.05) is 29.3 Å². The second-order valence-electron chi connectivity index (χ2n) is 8.25. The number of nitrogens with one attached hydrogen (secondary N) is 2. The third-order valence-corrected chi connectivity index (χ3v) is 7.08. The zero-order chi connectivity index (χ0) is 23.7. The Bertz CT molecular complexity index is 1340. The van der Waals surface area contributed by atoms with Crippen LogP contribution in [0.3, 0.4) is 0 Å². The van der Waals surface area contributed by atoms with Crippen molar-refractivity contribution in [3.8, 4) is 17.4 Å².